The highest BCUT2D eigenvalue weighted by atomic mass is 16.4. The number of urea groups is 1. The average molecular weight is 297 g/mol. The van der Waals surface area contributed by atoms with E-state index in [0.717, 1.165) is 45.2 Å². The zero-order valence-corrected chi connectivity index (χ0v) is 12.2. The number of likely N-dealkylation sites (tertiary alicyclic amines) is 1. The number of hydrogen-bond donors (Lipinski definition) is 3. The van der Waals surface area contributed by atoms with Gasteiger partial charge >= 0.3 is 12.0 Å². The van der Waals surface area contributed by atoms with Crippen LogP contribution in [0.3, 0.4) is 0 Å². The van der Waals surface area contributed by atoms with E-state index in [1.54, 1.807) is 4.90 Å². The zero-order chi connectivity index (χ0) is 15.3. The maximum absolute atomic E-state index is 11.9. The molecule has 7 heteroatoms. The topological polar surface area (TPSA) is 98.7 Å². The van der Waals surface area contributed by atoms with Crippen LogP contribution in [0.25, 0.3) is 0 Å². The molecule has 0 atom stereocenters. The second kappa shape index (κ2) is 6.78. The monoisotopic (exact) mass is 297 g/mol. The lowest BCUT2D eigenvalue weighted by Gasteiger charge is -2.28. The standard InChI is InChI=1S/C14H23N3O4/c18-11(17-8-4-1-5-9-17)10-15-13(21)16-14(12(19)20)6-2-3-7-14/h1-10H2,(H,19,20)(H2,15,16,21). The van der Waals surface area contributed by atoms with Gasteiger partial charge in [-0.2, -0.15) is 0 Å². The summed E-state index contributed by atoms with van der Waals surface area (Å²) in [5.41, 5.74) is -1.17. The molecule has 1 aliphatic heterocycles. The number of aliphatic carboxylic acids is 1. The minimum Gasteiger partial charge on any atom is -0.480 e. The highest BCUT2D eigenvalue weighted by Crippen LogP contribution is 2.29. The predicted octanol–water partition coefficient (Wildman–Crippen LogP) is 0.695. The SMILES string of the molecule is O=C(NCC(=O)N1CCCCC1)NC1(C(=O)O)CCCC1. The Morgan fingerprint density at radius 3 is 2.19 bits per heavy atom. The molecule has 0 radical (unpaired) electrons. The number of hydrogen-bond acceptors (Lipinski definition) is 3. The van der Waals surface area contributed by atoms with Crippen molar-refractivity contribution in [2.75, 3.05) is 19.6 Å². The van der Waals surface area contributed by atoms with E-state index >= 15 is 0 Å². The maximum atomic E-state index is 11.9. The van der Waals surface area contributed by atoms with E-state index in [-0.39, 0.29) is 12.5 Å². The van der Waals surface area contributed by atoms with Crippen LogP contribution in [0.2, 0.25) is 0 Å². The molecule has 1 saturated carbocycles. The van der Waals surface area contributed by atoms with Crippen molar-refractivity contribution in [3.63, 3.8) is 0 Å². The fraction of sp³-hybridized carbons (Fsp3) is 0.786. The molecule has 0 unspecified atom stereocenters. The van der Waals surface area contributed by atoms with Gasteiger partial charge < -0.3 is 20.6 Å². The van der Waals surface area contributed by atoms with Crippen LogP contribution in [0, 0.1) is 0 Å². The molecule has 1 aliphatic carbocycles. The lowest BCUT2D eigenvalue weighted by Crippen LogP contribution is -2.56. The van der Waals surface area contributed by atoms with Gasteiger partial charge in [-0.15, -0.1) is 0 Å². The number of carboxylic acid groups (broad SMARTS) is 1. The summed E-state index contributed by atoms with van der Waals surface area (Å²) < 4.78 is 0. The first-order chi connectivity index (χ1) is 10.0. The molecule has 1 saturated heterocycles. The van der Waals surface area contributed by atoms with E-state index in [2.05, 4.69) is 10.6 Å². The molecule has 0 aromatic rings. The molecule has 3 amide bonds. The molecule has 0 aromatic carbocycles. The molecular weight excluding hydrogens is 274 g/mol. The second-order valence-electron chi connectivity index (χ2n) is 5.84. The Bertz CT molecular complexity index is 412. The highest BCUT2D eigenvalue weighted by Gasteiger charge is 2.42. The summed E-state index contributed by atoms with van der Waals surface area (Å²) in [6.07, 6.45) is 5.60. The van der Waals surface area contributed by atoms with Crippen molar-refractivity contribution in [3.8, 4) is 0 Å². The molecule has 3 N–H and O–H groups in total. The van der Waals surface area contributed by atoms with Gasteiger partial charge in [-0.05, 0) is 32.1 Å². The third-order valence-corrected chi connectivity index (χ3v) is 4.33. The fourth-order valence-corrected chi connectivity index (χ4v) is 3.04. The quantitative estimate of drug-likeness (QED) is 0.711. The smallest absolute Gasteiger partial charge is 0.329 e. The first-order valence-electron chi connectivity index (χ1n) is 7.61. The van der Waals surface area contributed by atoms with Crippen molar-refractivity contribution in [2.24, 2.45) is 0 Å². The Hall–Kier alpha value is -1.79. The van der Waals surface area contributed by atoms with Crippen molar-refractivity contribution in [3.05, 3.63) is 0 Å². The van der Waals surface area contributed by atoms with Crippen molar-refractivity contribution in [1.29, 1.82) is 0 Å². The summed E-state index contributed by atoms with van der Waals surface area (Å²) in [6.45, 7) is 1.39. The van der Waals surface area contributed by atoms with E-state index < -0.39 is 17.5 Å². The van der Waals surface area contributed by atoms with Gasteiger partial charge in [-0.1, -0.05) is 12.8 Å². The Morgan fingerprint density at radius 2 is 1.62 bits per heavy atom. The Labute approximate surface area is 124 Å². The molecule has 1 heterocycles. The summed E-state index contributed by atoms with van der Waals surface area (Å²) in [5, 5.41) is 14.3. The predicted molar refractivity (Wildman–Crippen MR) is 75.8 cm³/mol. The Morgan fingerprint density at radius 1 is 1.00 bits per heavy atom. The van der Waals surface area contributed by atoms with Crippen LogP contribution in [0.15, 0.2) is 0 Å². The molecule has 2 rings (SSSR count). The minimum absolute atomic E-state index is 0.0818. The van der Waals surface area contributed by atoms with Crippen LogP contribution < -0.4 is 10.6 Å². The third-order valence-electron chi connectivity index (χ3n) is 4.33. The van der Waals surface area contributed by atoms with Crippen LogP contribution in [-0.2, 0) is 9.59 Å². The van der Waals surface area contributed by atoms with Crippen molar-refractivity contribution < 1.29 is 19.5 Å². The normalized spacial score (nSPS) is 20.9. The van der Waals surface area contributed by atoms with E-state index in [0.29, 0.717) is 12.8 Å². The van der Waals surface area contributed by atoms with Crippen LogP contribution in [-0.4, -0.2) is 53.1 Å². The molecule has 0 bridgehead atoms. The van der Waals surface area contributed by atoms with Gasteiger partial charge in [-0.25, -0.2) is 9.59 Å². The van der Waals surface area contributed by atoms with Crippen molar-refractivity contribution >= 4 is 17.9 Å². The van der Waals surface area contributed by atoms with Gasteiger partial charge in [0, 0.05) is 13.1 Å². The summed E-state index contributed by atoms with van der Waals surface area (Å²) in [7, 11) is 0. The average Bonchev–Trinajstić information content (AvgIpc) is 2.95. The summed E-state index contributed by atoms with van der Waals surface area (Å²) in [6, 6.07) is -0.579. The van der Waals surface area contributed by atoms with E-state index in [4.69, 9.17) is 0 Å². The lowest BCUT2D eigenvalue weighted by atomic mass is 9.98. The first kappa shape index (κ1) is 15.6. The first-order valence-corrected chi connectivity index (χ1v) is 7.61. The van der Waals surface area contributed by atoms with Crippen LogP contribution in [0.5, 0.6) is 0 Å². The number of carboxylic acids is 1. The molecular formula is C14H23N3O4. The Balaban J connectivity index is 1.78. The second-order valence-corrected chi connectivity index (χ2v) is 5.84. The molecule has 2 fully saturated rings. The van der Waals surface area contributed by atoms with Gasteiger partial charge in [0.05, 0.1) is 6.54 Å². The number of nitrogens with zero attached hydrogens (tertiary/aromatic N) is 1. The van der Waals surface area contributed by atoms with Gasteiger partial charge in [0.15, 0.2) is 0 Å². The number of amides is 3. The van der Waals surface area contributed by atoms with Gasteiger partial charge in [-0.3, -0.25) is 4.79 Å². The van der Waals surface area contributed by atoms with Crippen molar-refractivity contribution in [2.45, 2.75) is 50.5 Å². The summed E-state index contributed by atoms with van der Waals surface area (Å²) in [5.74, 6) is -1.11. The lowest BCUT2D eigenvalue weighted by molar-refractivity contribution is -0.144. The highest BCUT2D eigenvalue weighted by molar-refractivity contribution is 5.88. The Kier molecular flexibility index (Phi) is 5.03. The van der Waals surface area contributed by atoms with E-state index in [9.17, 15) is 19.5 Å². The molecule has 7 nitrogen and oxygen atoms in total. The molecule has 0 spiro atoms. The zero-order valence-electron chi connectivity index (χ0n) is 12.2. The summed E-state index contributed by atoms with van der Waals surface area (Å²) in [4.78, 5) is 36.8. The fourth-order valence-electron chi connectivity index (χ4n) is 3.04. The number of carbonyl (C=O) groups is 3. The molecule has 118 valence electrons. The van der Waals surface area contributed by atoms with Crippen LogP contribution >= 0.6 is 0 Å². The largest absolute Gasteiger partial charge is 0.480 e. The van der Waals surface area contributed by atoms with Gasteiger partial charge in [0.25, 0.3) is 0 Å². The van der Waals surface area contributed by atoms with Crippen LogP contribution in [0.1, 0.15) is 44.9 Å². The van der Waals surface area contributed by atoms with E-state index in [1.807, 2.05) is 0 Å². The van der Waals surface area contributed by atoms with Gasteiger partial charge in [0.2, 0.25) is 5.91 Å². The third kappa shape index (κ3) is 3.86. The number of piperidine rings is 1. The minimum atomic E-state index is -1.17. The summed E-state index contributed by atoms with van der Waals surface area (Å²) >= 11 is 0. The maximum Gasteiger partial charge on any atom is 0.329 e. The molecule has 21 heavy (non-hydrogen) atoms. The number of nitrogens with one attached hydrogen (secondary N) is 2. The number of rotatable bonds is 4. The van der Waals surface area contributed by atoms with Gasteiger partial charge in [0.1, 0.15) is 5.54 Å². The molecule has 2 aliphatic rings. The van der Waals surface area contributed by atoms with Crippen LogP contribution in [0.4, 0.5) is 4.79 Å². The van der Waals surface area contributed by atoms with E-state index in [1.165, 1.54) is 0 Å². The van der Waals surface area contributed by atoms with Crippen molar-refractivity contribution in [1.82, 2.24) is 15.5 Å². The number of carbonyl (C=O) groups excluding carboxylic acids is 2. The molecule has 0 aromatic heterocycles.